The molecular formula is C20H21F2N3O4. The maximum absolute atomic E-state index is 12.6. The highest BCUT2D eigenvalue weighted by Gasteiger charge is 2.14. The Balaban J connectivity index is 1.93. The minimum Gasteiger partial charge on any atom is -0.493 e. The van der Waals surface area contributed by atoms with Crippen LogP contribution in [0.2, 0.25) is 0 Å². The molecule has 7 nitrogen and oxygen atoms in total. The summed E-state index contributed by atoms with van der Waals surface area (Å²) < 4.78 is 34.7. The standard InChI is InChI=1S/C20H21F2N3O4/c1-25(13-14-5-4-10-23-11-14)18(27)12-24-17(26)9-8-15-6-3-7-16(28-2)19(15)29-20(21)22/h3-11,20H,12-13H2,1-2H3,(H,24,26)/b9-8+. The van der Waals surface area contributed by atoms with Crippen LogP contribution in [0.15, 0.2) is 48.8 Å². The summed E-state index contributed by atoms with van der Waals surface area (Å²) in [6, 6.07) is 8.14. The number of likely N-dealkylation sites (N-methyl/N-ethyl adjacent to an activating group) is 1. The first kappa shape index (κ1) is 21.8. The smallest absolute Gasteiger partial charge is 0.387 e. The van der Waals surface area contributed by atoms with Crippen molar-refractivity contribution in [3.05, 3.63) is 59.9 Å². The average Bonchev–Trinajstić information content (AvgIpc) is 2.71. The van der Waals surface area contributed by atoms with Crippen molar-refractivity contribution in [2.75, 3.05) is 20.7 Å². The molecule has 0 unspecified atom stereocenters. The summed E-state index contributed by atoms with van der Waals surface area (Å²) in [7, 11) is 2.93. The van der Waals surface area contributed by atoms with Crippen LogP contribution >= 0.6 is 0 Å². The normalized spacial score (nSPS) is 10.8. The number of hydrogen-bond acceptors (Lipinski definition) is 5. The number of halogens is 2. The molecule has 0 fully saturated rings. The molecule has 2 rings (SSSR count). The van der Waals surface area contributed by atoms with Gasteiger partial charge in [-0.05, 0) is 23.8 Å². The van der Waals surface area contributed by atoms with Crippen molar-refractivity contribution < 1.29 is 27.8 Å². The predicted molar refractivity (Wildman–Crippen MR) is 102 cm³/mol. The fraction of sp³-hybridized carbons (Fsp3) is 0.250. The van der Waals surface area contributed by atoms with Gasteiger partial charge >= 0.3 is 6.61 Å². The molecule has 0 saturated carbocycles. The van der Waals surface area contributed by atoms with Gasteiger partial charge in [-0.15, -0.1) is 0 Å². The van der Waals surface area contributed by atoms with Gasteiger partial charge in [0.05, 0.1) is 13.7 Å². The number of methoxy groups -OCH3 is 1. The van der Waals surface area contributed by atoms with Crippen LogP contribution in [-0.2, 0) is 16.1 Å². The lowest BCUT2D eigenvalue weighted by atomic mass is 10.1. The van der Waals surface area contributed by atoms with Crippen molar-refractivity contribution in [1.29, 1.82) is 0 Å². The lowest BCUT2D eigenvalue weighted by molar-refractivity contribution is -0.131. The van der Waals surface area contributed by atoms with Gasteiger partial charge in [0.1, 0.15) is 0 Å². The van der Waals surface area contributed by atoms with Gasteiger partial charge in [0, 0.05) is 37.6 Å². The number of para-hydroxylation sites is 1. The molecule has 1 heterocycles. The third-order valence-corrected chi connectivity index (χ3v) is 3.83. The minimum absolute atomic E-state index is 0.111. The van der Waals surface area contributed by atoms with E-state index in [1.165, 1.54) is 30.2 Å². The van der Waals surface area contributed by atoms with Crippen molar-refractivity contribution in [3.63, 3.8) is 0 Å². The number of carbonyl (C=O) groups is 2. The minimum atomic E-state index is -3.04. The second-order valence-corrected chi connectivity index (χ2v) is 5.92. The van der Waals surface area contributed by atoms with E-state index in [1.807, 2.05) is 6.07 Å². The molecule has 0 aliphatic carbocycles. The fourth-order valence-electron chi connectivity index (χ4n) is 2.42. The number of nitrogens with one attached hydrogen (secondary N) is 1. The molecule has 1 N–H and O–H groups in total. The van der Waals surface area contributed by atoms with E-state index in [0.29, 0.717) is 6.54 Å². The first-order valence-corrected chi connectivity index (χ1v) is 8.61. The Labute approximate surface area is 166 Å². The number of aromatic nitrogens is 1. The zero-order valence-corrected chi connectivity index (χ0v) is 16.0. The van der Waals surface area contributed by atoms with Crippen LogP contribution < -0.4 is 14.8 Å². The third kappa shape index (κ3) is 6.87. The highest BCUT2D eigenvalue weighted by Crippen LogP contribution is 2.33. The number of alkyl halides is 2. The molecule has 2 aromatic rings. The summed E-state index contributed by atoms with van der Waals surface area (Å²) in [4.78, 5) is 29.6. The molecule has 0 atom stereocenters. The maximum Gasteiger partial charge on any atom is 0.387 e. The van der Waals surface area contributed by atoms with E-state index < -0.39 is 12.5 Å². The van der Waals surface area contributed by atoms with E-state index in [4.69, 9.17) is 4.74 Å². The van der Waals surface area contributed by atoms with Crippen molar-refractivity contribution >= 4 is 17.9 Å². The lowest BCUT2D eigenvalue weighted by Crippen LogP contribution is -2.37. The molecule has 154 valence electrons. The lowest BCUT2D eigenvalue weighted by Gasteiger charge is -2.17. The van der Waals surface area contributed by atoms with E-state index in [2.05, 4.69) is 15.0 Å². The van der Waals surface area contributed by atoms with Gasteiger partial charge in [0.25, 0.3) is 0 Å². The van der Waals surface area contributed by atoms with E-state index in [1.54, 1.807) is 31.6 Å². The van der Waals surface area contributed by atoms with Crippen LogP contribution in [-0.4, -0.2) is 49.0 Å². The third-order valence-electron chi connectivity index (χ3n) is 3.83. The topological polar surface area (TPSA) is 80.8 Å². The number of benzene rings is 1. The number of hydrogen-bond donors (Lipinski definition) is 1. The Bertz CT molecular complexity index is 860. The molecule has 0 radical (unpaired) electrons. The van der Waals surface area contributed by atoms with Gasteiger partial charge in [-0.25, -0.2) is 0 Å². The van der Waals surface area contributed by atoms with Crippen LogP contribution in [0, 0.1) is 0 Å². The summed E-state index contributed by atoms with van der Waals surface area (Å²) in [6.45, 7) is -2.89. The first-order chi connectivity index (χ1) is 13.9. The zero-order valence-electron chi connectivity index (χ0n) is 16.0. The van der Waals surface area contributed by atoms with E-state index >= 15 is 0 Å². The molecule has 0 spiro atoms. The molecular weight excluding hydrogens is 384 g/mol. The zero-order chi connectivity index (χ0) is 21.2. The van der Waals surface area contributed by atoms with E-state index in [9.17, 15) is 18.4 Å². The molecule has 0 aliphatic heterocycles. The Morgan fingerprint density at radius 1 is 1.28 bits per heavy atom. The summed E-state index contributed by atoms with van der Waals surface area (Å²) in [5.41, 5.74) is 1.10. The van der Waals surface area contributed by atoms with Gasteiger partial charge < -0.3 is 19.7 Å². The van der Waals surface area contributed by atoms with Crippen molar-refractivity contribution in [1.82, 2.24) is 15.2 Å². The van der Waals surface area contributed by atoms with Crippen molar-refractivity contribution in [2.45, 2.75) is 13.2 Å². The van der Waals surface area contributed by atoms with E-state index in [-0.39, 0.29) is 29.5 Å². The Kier molecular flexibility index (Phi) is 8.08. The van der Waals surface area contributed by atoms with Crippen LogP contribution in [0.5, 0.6) is 11.5 Å². The molecule has 2 amide bonds. The fourth-order valence-corrected chi connectivity index (χ4v) is 2.42. The van der Waals surface area contributed by atoms with E-state index in [0.717, 1.165) is 11.6 Å². The molecule has 1 aromatic heterocycles. The molecule has 29 heavy (non-hydrogen) atoms. The second-order valence-electron chi connectivity index (χ2n) is 5.92. The predicted octanol–water partition coefficient (Wildman–Crippen LogP) is 2.48. The van der Waals surface area contributed by atoms with Gasteiger partial charge in [0.2, 0.25) is 11.8 Å². The SMILES string of the molecule is COc1cccc(/C=C/C(=O)NCC(=O)N(C)Cc2cccnc2)c1OC(F)F. The molecule has 0 aliphatic rings. The van der Waals surface area contributed by atoms with Crippen molar-refractivity contribution in [2.24, 2.45) is 0 Å². The number of amides is 2. The van der Waals surface area contributed by atoms with Gasteiger partial charge in [0.15, 0.2) is 11.5 Å². The molecule has 0 bridgehead atoms. The number of pyridine rings is 1. The summed E-state index contributed by atoms with van der Waals surface area (Å²) in [6.07, 6.45) is 5.72. The second kappa shape index (κ2) is 10.7. The highest BCUT2D eigenvalue weighted by atomic mass is 19.3. The van der Waals surface area contributed by atoms with Crippen LogP contribution in [0.1, 0.15) is 11.1 Å². The maximum atomic E-state index is 12.6. The van der Waals surface area contributed by atoms with Crippen molar-refractivity contribution in [3.8, 4) is 11.5 Å². The summed E-state index contributed by atoms with van der Waals surface area (Å²) in [5.74, 6) is -0.918. The first-order valence-electron chi connectivity index (χ1n) is 8.61. The Morgan fingerprint density at radius 3 is 2.72 bits per heavy atom. The van der Waals surface area contributed by atoms with Crippen LogP contribution in [0.3, 0.4) is 0 Å². The summed E-state index contributed by atoms with van der Waals surface area (Å²) in [5, 5.41) is 2.46. The summed E-state index contributed by atoms with van der Waals surface area (Å²) >= 11 is 0. The number of ether oxygens (including phenoxy) is 2. The van der Waals surface area contributed by atoms with Crippen LogP contribution in [0.25, 0.3) is 6.08 Å². The number of nitrogens with zero attached hydrogens (tertiary/aromatic N) is 2. The Morgan fingerprint density at radius 2 is 2.07 bits per heavy atom. The van der Waals surface area contributed by atoms with Gasteiger partial charge in [-0.3, -0.25) is 14.6 Å². The molecule has 0 saturated heterocycles. The molecule has 9 heteroatoms. The van der Waals surface area contributed by atoms with Gasteiger partial charge in [-0.2, -0.15) is 8.78 Å². The van der Waals surface area contributed by atoms with Gasteiger partial charge in [-0.1, -0.05) is 18.2 Å². The number of carbonyl (C=O) groups excluding carboxylic acids is 2. The van der Waals surface area contributed by atoms with Crippen LogP contribution in [0.4, 0.5) is 8.78 Å². The number of rotatable bonds is 9. The average molecular weight is 405 g/mol. The Hall–Kier alpha value is -3.49. The largest absolute Gasteiger partial charge is 0.493 e. The molecule has 1 aromatic carbocycles. The monoisotopic (exact) mass is 405 g/mol. The highest BCUT2D eigenvalue weighted by molar-refractivity contribution is 5.94. The quantitative estimate of drug-likeness (QED) is 0.649.